The molecule has 2 atom stereocenters. The van der Waals surface area contributed by atoms with E-state index in [9.17, 15) is 9.59 Å². The van der Waals surface area contributed by atoms with Gasteiger partial charge in [-0.1, -0.05) is 231 Å². The van der Waals surface area contributed by atoms with Crippen molar-refractivity contribution in [3.63, 3.8) is 0 Å². The molecule has 6 nitrogen and oxygen atoms in total. The van der Waals surface area contributed by atoms with E-state index in [-0.39, 0.29) is 48.2 Å². The van der Waals surface area contributed by atoms with Gasteiger partial charge < -0.3 is 9.84 Å². The van der Waals surface area contributed by atoms with E-state index >= 15 is 5.11 Å². The fourth-order valence-corrected chi connectivity index (χ4v) is 8.58. The molecule has 0 radical (unpaired) electrons. The van der Waals surface area contributed by atoms with E-state index < -0.39 is 17.8 Å². The highest BCUT2D eigenvalue weighted by Gasteiger charge is 2.40. The van der Waals surface area contributed by atoms with Gasteiger partial charge in [-0.2, -0.15) is 0 Å². The third-order valence-electron chi connectivity index (χ3n) is 11.9. The second-order valence-corrected chi connectivity index (χ2v) is 17.9. The predicted molar refractivity (Wildman–Crippen MR) is 272 cm³/mol. The summed E-state index contributed by atoms with van der Waals surface area (Å²) in [5, 5.41) is 15.5. The fraction of sp³-hybridized carbons (Fsp3) is 0.317. The molecule has 1 aliphatic rings. The number of ketones is 1. The van der Waals surface area contributed by atoms with Crippen LogP contribution in [0, 0.1) is 5.92 Å². The van der Waals surface area contributed by atoms with Gasteiger partial charge in [-0.15, -0.1) is 0 Å². The Morgan fingerprint density at radius 1 is 0.591 bits per heavy atom. The molecule has 0 N–H and O–H groups in total. The lowest BCUT2D eigenvalue weighted by atomic mass is 9.81. The van der Waals surface area contributed by atoms with Gasteiger partial charge in [0.15, 0.2) is 5.78 Å². The lowest BCUT2D eigenvalue weighted by Crippen LogP contribution is -2.37. The Bertz CT molecular complexity index is 2340. The molecule has 1 aliphatic heterocycles. The molecule has 7 rings (SSSR count). The molecule has 1 heterocycles. The Kier molecular flexibility index (Phi) is 19.3. The van der Waals surface area contributed by atoms with Gasteiger partial charge in [-0.3, -0.25) is 9.59 Å². The quantitative estimate of drug-likeness (QED) is 0.0445. The molecule has 0 aliphatic carbocycles. The van der Waals surface area contributed by atoms with Crippen molar-refractivity contribution >= 4 is 29.0 Å². The molecule has 0 fully saturated rings. The van der Waals surface area contributed by atoms with Crippen LogP contribution in [0.15, 0.2) is 182 Å². The molecule has 6 heteroatoms. The molecule has 66 heavy (non-hydrogen) atoms. The largest absolute Gasteiger partial charge is 0.867 e. The van der Waals surface area contributed by atoms with Crippen LogP contribution >= 0.6 is 0 Å². The maximum atomic E-state index is 15.5. The van der Waals surface area contributed by atoms with E-state index in [4.69, 9.17) is 4.74 Å². The molecule has 0 unspecified atom stereocenters. The summed E-state index contributed by atoms with van der Waals surface area (Å²) in [7, 11) is 0. The molecular weight excluding hydrogens is 813 g/mol. The monoisotopic (exact) mass is 883 g/mol. The van der Waals surface area contributed by atoms with Gasteiger partial charge in [0.25, 0.3) is 5.84 Å². The summed E-state index contributed by atoms with van der Waals surface area (Å²) in [6, 6.07) is 55.6. The van der Waals surface area contributed by atoms with Crippen LogP contribution in [-0.4, -0.2) is 41.9 Å². The minimum Gasteiger partial charge on any atom is -0.867 e. The number of carbonyl (C=O) groups excluding carboxylic acids is 2. The number of benzene rings is 6. The standard InChI is InChI=1S/C48H58N2O4.2C6H6/c1-10-54-48(53)42(30-43(51)36-21-15-12-16-22-36)41(35-19-13-11-14-20-35)29-44(52)47-49(45-37(31(2)3)23-17-24-38(45)32(4)5)27-28-50(47)46-39(33(6)7)25-18-26-40(46)34(8)9;2*1-2-4-6-5-3-1/h11-26,29,31-34,41-42H,10,27-28,30H2,1-9H3;2*1-6H/b44-29-;;/t41-,42+;;/m1../s1. The van der Waals surface area contributed by atoms with Gasteiger partial charge >= 0.3 is 5.97 Å². The zero-order valence-corrected chi connectivity index (χ0v) is 40.6. The van der Waals surface area contributed by atoms with Crippen LogP contribution in [0.25, 0.3) is 0 Å². The first-order valence-corrected chi connectivity index (χ1v) is 23.7. The predicted octanol–water partition coefficient (Wildman–Crippen LogP) is 13.6. The van der Waals surface area contributed by atoms with Crippen molar-refractivity contribution in [2.24, 2.45) is 5.92 Å². The van der Waals surface area contributed by atoms with Crippen LogP contribution in [0.5, 0.6) is 0 Å². The number of nitrogens with zero attached hydrogens (tertiary/aromatic N) is 2. The summed E-state index contributed by atoms with van der Waals surface area (Å²) in [5.41, 5.74) is 8.20. The zero-order chi connectivity index (χ0) is 47.6. The Morgan fingerprint density at radius 3 is 1.42 bits per heavy atom. The summed E-state index contributed by atoms with van der Waals surface area (Å²) >= 11 is 0. The number of Topliss-reactive ketones (excluding diaryl/α,β-unsaturated/α-hetero) is 1. The molecule has 6 aromatic rings. The molecule has 0 bridgehead atoms. The van der Waals surface area contributed by atoms with Crippen LogP contribution in [0.3, 0.4) is 0 Å². The topological polar surface area (TPSA) is 72.7 Å². The highest BCUT2D eigenvalue weighted by atomic mass is 16.5. The fourth-order valence-electron chi connectivity index (χ4n) is 8.58. The number of hydrogen-bond acceptors (Lipinski definition) is 5. The van der Waals surface area contributed by atoms with Crippen molar-refractivity contribution in [1.29, 1.82) is 0 Å². The zero-order valence-electron chi connectivity index (χ0n) is 40.6. The van der Waals surface area contributed by atoms with Crippen molar-refractivity contribution in [2.75, 3.05) is 24.6 Å². The van der Waals surface area contributed by atoms with Crippen molar-refractivity contribution < 1.29 is 24.0 Å². The Morgan fingerprint density at radius 2 is 1.00 bits per heavy atom. The molecule has 0 saturated carbocycles. The van der Waals surface area contributed by atoms with Crippen LogP contribution < -0.4 is 10.0 Å². The molecule has 0 saturated heterocycles. The minimum atomic E-state index is -0.920. The molecule has 0 amide bonds. The van der Waals surface area contributed by atoms with Gasteiger partial charge in [0, 0.05) is 40.2 Å². The highest BCUT2D eigenvalue weighted by molar-refractivity contribution is 6.07. The van der Waals surface area contributed by atoms with Gasteiger partial charge in [-0.05, 0) is 41.9 Å². The maximum Gasteiger partial charge on any atom is 0.310 e. The number of esters is 1. The van der Waals surface area contributed by atoms with E-state index in [0.717, 1.165) is 16.9 Å². The third-order valence-corrected chi connectivity index (χ3v) is 11.9. The highest BCUT2D eigenvalue weighted by Crippen LogP contribution is 2.41. The normalized spacial score (nSPS) is 13.5. The molecular formula is C60H70N2O4. The molecule has 344 valence electrons. The maximum absolute atomic E-state index is 15.5. The van der Waals surface area contributed by atoms with Crippen LogP contribution in [0.1, 0.15) is 136 Å². The van der Waals surface area contributed by atoms with E-state index in [1.54, 1.807) is 25.1 Å². The minimum absolute atomic E-state index is 0.101. The van der Waals surface area contributed by atoms with Crippen LogP contribution in [-0.2, 0) is 9.53 Å². The van der Waals surface area contributed by atoms with Crippen molar-refractivity contribution in [1.82, 2.24) is 0 Å². The second kappa shape index (κ2) is 25.2. The van der Waals surface area contributed by atoms with Crippen LogP contribution in [0.2, 0.25) is 0 Å². The van der Waals surface area contributed by atoms with Crippen molar-refractivity contribution in [3.05, 3.63) is 215 Å². The van der Waals surface area contributed by atoms with E-state index in [1.807, 2.05) is 121 Å². The number of amidine groups is 1. The summed E-state index contributed by atoms with van der Waals surface area (Å²) in [6.45, 7) is 20.8. The van der Waals surface area contributed by atoms with Crippen molar-refractivity contribution in [2.45, 2.75) is 98.3 Å². The molecule has 0 spiro atoms. The van der Waals surface area contributed by atoms with Crippen molar-refractivity contribution in [3.8, 4) is 0 Å². The number of anilines is 1. The first kappa shape index (κ1) is 50.5. The summed E-state index contributed by atoms with van der Waals surface area (Å²) < 4.78 is 7.89. The SMILES string of the molecule is CCOC(=O)[C@@H](CC(=O)c1ccccc1)[C@H](/C=C(\[O-])C1=[N+](c2c(C(C)C)cccc2C(C)C)CCN1c1c(C(C)C)cccc1C(C)C)c1ccccc1.c1ccccc1.c1ccccc1. The van der Waals surface area contributed by atoms with Gasteiger partial charge in [-0.25, -0.2) is 9.48 Å². The number of para-hydroxylation sites is 2. The second-order valence-electron chi connectivity index (χ2n) is 17.9. The summed E-state index contributed by atoms with van der Waals surface area (Å²) in [4.78, 5) is 30.0. The molecule has 0 aromatic heterocycles. The smallest absolute Gasteiger partial charge is 0.310 e. The average molecular weight is 883 g/mol. The average Bonchev–Trinajstić information content (AvgIpc) is 3.79. The summed E-state index contributed by atoms with van der Waals surface area (Å²) in [5.74, 6) is -1.06. The number of carbonyl (C=O) groups is 2. The van der Waals surface area contributed by atoms with E-state index in [0.29, 0.717) is 24.5 Å². The third kappa shape index (κ3) is 13.3. The van der Waals surface area contributed by atoms with E-state index in [1.165, 1.54) is 22.3 Å². The van der Waals surface area contributed by atoms with Crippen LogP contribution in [0.4, 0.5) is 11.4 Å². The van der Waals surface area contributed by atoms with E-state index in [2.05, 4.69) is 101 Å². The summed E-state index contributed by atoms with van der Waals surface area (Å²) in [6.07, 6.45) is 1.59. The van der Waals surface area contributed by atoms with Gasteiger partial charge in [0.05, 0.1) is 12.5 Å². The lowest BCUT2D eigenvalue weighted by molar-refractivity contribution is -0.436. The number of allylic oxidation sites excluding steroid dienone is 1. The number of rotatable bonds is 15. The lowest BCUT2D eigenvalue weighted by Gasteiger charge is -2.29. The molecule has 6 aromatic carbocycles. The van der Waals surface area contributed by atoms with Gasteiger partial charge in [0.1, 0.15) is 24.5 Å². The Labute approximate surface area is 395 Å². The Balaban J connectivity index is 0.000000587. The first-order chi connectivity index (χ1) is 31.8. The number of hydrogen-bond donors (Lipinski definition) is 0. The Hall–Kier alpha value is -6.53. The first-order valence-electron chi connectivity index (χ1n) is 23.7. The number of ether oxygens (including phenoxy) is 1. The van der Waals surface area contributed by atoms with Gasteiger partial charge in [0.2, 0.25) is 0 Å².